The number of nitrogens with zero attached hydrogens (tertiary/aromatic N) is 2. The molecule has 0 saturated carbocycles. The van der Waals surface area contributed by atoms with E-state index >= 15 is 0 Å². The van der Waals surface area contributed by atoms with Crippen LogP contribution in [0.4, 0.5) is 17.6 Å². The third-order valence-corrected chi connectivity index (χ3v) is 6.67. The molecule has 2 aromatic carbocycles. The molecule has 1 aromatic heterocycles. The number of amides is 1. The van der Waals surface area contributed by atoms with Gasteiger partial charge in [0, 0.05) is 41.6 Å². The molecule has 0 aliphatic carbocycles. The smallest absolute Gasteiger partial charge is 0.416 e. The van der Waals surface area contributed by atoms with Crippen molar-refractivity contribution in [3.05, 3.63) is 70.5 Å². The van der Waals surface area contributed by atoms with Crippen LogP contribution >= 0.6 is 23.1 Å². The number of alkyl halides is 3. The van der Waals surface area contributed by atoms with Gasteiger partial charge in [-0.3, -0.25) is 4.79 Å². The Morgan fingerprint density at radius 1 is 1.12 bits per heavy atom. The molecule has 2 heterocycles. The van der Waals surface area contributed by atoms with Gasteiger partial charge in [0.05, 0.1) is 5.56 Å². The maximum atomic E-state index is 14.7. The van der Waals surface area contributed by atoms with Crippen LogP contribution in [0.15, 0.2) is 47.8 Å². The van der Waals surface area contributed by atoms with Crippen molar-refractivity contribution >= 4 is 29.0 Å². The topological polar surface area (TPSA) is 42.4 Å². The molecule has 0 bridgehead atoms. The van der Waals surface area contributed by atoms with Gasteiger partial charge in [-0.05, 0) is 29.8 Å². The Balaban J connectivity index is 1.44. The van der Waals surface area contributed by atoms with Crippen molar-refractivity contribution in [2.45, 2.75) is 12.8 Å². The average molecular weight is 483 g/mol. The molecule has 0 atom stereocenters. The molecule has 10 heteroatoms. The summed E-state index contributed by atoms with van der Waals surface area (Å²) in [6, 6.07) is 8.96. The molecular weight excluding hydrogens is 464 g/mol. The molecule has 1 aliphatic heterocycles. The van der Waals surface area contributed by atoms with Crippen molar-refractivity contribution in [3.63, 3.8) is 0 Å². The second-order valence-corrected chi connectivity index (χ2v) is 9.15. The van der Waals surface area contributed by atoms with E-state index in [9.17, 15) is 22.4 Å². The zero-order valence-electron chi connectivity index (χ0n) is 16.7. The summed E-state index contributed by atoms with van der Waals surface area (Å²) in [5.41, 5.74) is 0.0805. The molecule has 4 rings (SSSR count). The number of carbonyl (C=O) groups excluding carboxylic acids is 1. The Labute approximate surface area is 190 Å². The van der Waals surface area contributed by atoms with Crippen LogP contribution in [0.2, 0.25) is 0 Å². The van der Waals surface area contributed by atoms with Gasteiger partial charge in [-0.25, -0.2) is 9.37 Å². The predicted octanol–water partition coefficient (Wildman–Crippen LogP) is 5.74. The molecule has 168 valence electrons. The standard InChI is InChI=1S/C22H18F4N2O2S2/c23-18-11-16(30-12-14-2-1-3-15(10-14)22(24,25)26)4-5-17(18)20-27-19(13-32-20)21(29)28-6-8-31-9-7-28/h1-5,10-11,13H,6-9,12H2. The molecule has 32 heavy (non-hydrogen) atoms. The number of aromatic nitrogens is 1. The first-order valence-corrected chi connectivity index (χ1v) is 11.8. The fourth-order valence-electron chi connectivity index (χ4n) is 3.19. The van der Waals surface area contributed by atoms with Gasteiger partial charge in [0.25, 0.3) is 5.91 Å². The number of halogens is 4. The Morgan fingerprint density at radius 3 is 2.62 bits per heavy atom. The Hall–Kier alpha value is -2.59. The number of hydrogen-bond donors (Lipinski definition) is 0. The first-order valence-electron chi connectivity index (χ1n) is 9.72. The van der Waals surface area contributed by atoms with Gasteiger partial charge in [-0.1, -0.05) is 12.1 Å². The molecule has 1 fully saturated rings. The molecule has 0 N–H and O–H groups in total. The second-order valence-electron chi connectivity index (χ2n) is 7.07. The van der Waals surface area contributed by atoms with Crippen LogP contribution in [0, 0.1) is 5.82 Å². The number of hydrogen-bond acceptors (Lipinski definition) is 5. The Morgan fingerprint density at radius 2 is 1.91 bits per heavy atom. The minimum atomic E-state index is -4.44. The molecule has 1 aliphatic rings. The first-order chi connectivity index (χ1) is 15.3. The van der Waals surface area contributed by atoms with E-state index in [0.29, 0.717) is 29.4 Å². The van der Waals surface area contributed by atoms with Crippen molar-refractivity contribution in [2.75, 3.05) is 24.6 Å². The molecule has 0 spiro atoms. The van der Waals surface area contributed by atoms with Gasteiger partial charge in [-0.2, -0.15) is 24.9 Å². The zero-order valence-corrected chi connectivity index (χ0v) is 18.3. The summed E-state index contributed by atoms with van der Waals surface area (Å²) in [5, 5.41) is 2.00. The highest BCUT2D eigenvalue weighted by Gasteiger charge is 2.30. The highest BCUT2D eigenvalue weighted by Crippen LogP contribution is 2.31. The molecule has 1 amide bonds. The lowest BCUT2D eigenvalue weighted by Gasteiger charge is -2.25. The molecular formula is C22H18F4N2O2S2. The summed E-state index contributed by atoms with van der Waals surface area (Å²) in [6.07, 6.45) is -4.44. The predicted molar refractivity (Wildman–Crippen MR) is 117 cm³/mol. The van der Waals surface area contributed by atoms with Crippen LogP contribution in [0.5, 0.6) is 5.75 Å². The molecule has 1 saturated heterocycles. The van der Waals surface area contributed by atoms with Crippen molar-refractivity contribution < 1.29 is 27.1 Å². The Bertz CT molecular complexity index is 1110. The lowest BCUT2D eigenvalue weighted by Crippen LogP contribution is -2.38. The van der Waals surface area contributed by atoms with Crippen molar-refractivity contribution in [1.29, 1.82) is 0 Å². The first kappa shape index (κ1) is 22.6. The minimum Gasteiger partial charge on any atom is -0.489 e. The third kappa shape index (κ3) is 5.24. The van der Waals surface area contributed by atoms with Gasteiger partial charge in [0.1, 0.15) is 28.9 Å². The van der Waals surface area contributed by atoms with Crippen LogP contribution in [0.3, 0.4) is 0 Å². The summed E-state index contributed by atoms with van der Waals surface area (Å²) in [7, 11) is 0. The van der Waals surface area contributed by atoms with Crippen LogP contribution < -0.4 is 4.74 Å². The summed E-state index contributed by atoms with van der Waals surface area (Å²) in [5.74, 6) is 1.21. The maximum absolute atomic E-state index is 14.7. The maximum Gasteiger partial charge on any atom is 0.416 e. The van der Waals surface area contributed by atoms with Gasteiger partial charge in [-0.15, -0.1) is 11.3 Å². The number of thioether (sulfide) groups is 1. The fraction of sp³-hybridized carbons (Fsp3) is 0.273. The van der Waals surface area contributed by atoms with Gasteiger partial charge in [0.2, 0.25) is 0 Å². The largest absolute Gasteiger partial charge is 0.489 e. The van der Waals surface area contributed by atoms with E-state index in [1.54, 1.807) is 22.0 Å². The van der Waals surface area contributed by atoms with Gasteiger partial charge in [0.15, 0.2) is 0 Å². The van der Waals surface area contributed by atoms with Crippen LogP contribution in [0.25, 0.3) is 10.6 Å². The van der Waals surface area contributed by atoms with E-state index in [1.165, 1.54) is 35.6 Å². The normalized spacial score (nSPS) is 14.4. The molecule has 3 aromatic rings. The van der Waals surface area contributed by atoms with E-state index in [1.807, 2.05) is 0 Å². The monoisotopic (exact) mass is 482 g/mol. The summed E-state index contributed by atoms with van der Waals surface area (Å²) in [4.78, 5) is 18.6. The SMILES string of the molecule is O=C(c1csc(-c2ccc(OCc3cccc(C(F)(F)F)c3)cc2F)n1)N1CCSCC1. The molecule has 0 unspecified atom stereocenters. The van der Waals surface area contributed by atoms with Crippen molar-refractivity contribution in [1.82, 2.24) is 9.88 Å². The van der Waals surface area contributed by atoms with Crippen molar-refractivity contribution in [2.24, 2.45) is 0 Å². The number of benzene rings is 2. The fourth-order valence-corrected chi connectivity index (χ4v) is 4.91. The Kier molecular flexibility index (Phi) is 6.71. The van der Waals surface area contributed by atoms with Gasteiger partial charge >= 0.3 is 6.18 Å². The second kappa shape index (κ2) is 9.50. The molecule has 4 nitrogen and oxygen atoms in total. The van der Waals surface area contributed by atoms with E-state index in [2.05, 4.69) is 4.98 Å². The molecule has 0 radical (unpaired) electrons. The minimum absolute atomic E-state index is 0.132. The van der Waals surface area contributed by atoms with Gasteiger partial charge < -0.3 is 9.64 Å². The lowest BCUT2D eigenvalue weighted by molar-refractivity contribution is -0.137. The average Bonchev–Trinajstić information content (AvgIpc) is 3.27. The summed E-state index contributed by atoms with van der Waals surface area (Å²) >= 11 is 2.98. The van der Waals surface area contributed by atoms with E-state index in [4.69, 9.17) is 4.74 Å². The number of thiazole rings is 1. The number of carbonyl (C=O) groups is 1. The summed E-state index contributed by atoms with van der Waals surface area (Å²) in [6.45, 7) is 1.21. The van der Waals surface area contributed by atoms with E-state index < -0.39 is 17.6 Å². The highest BCUT2D eigenvalue weighted by molar-refractivity contribution is 7.99. The van der Waals surface area contributed by atoms with Crippen molar-refractivity contribution in [3.8, 4) is 16.3 Å². The van der Waals surface area contributed by atoms with Crippen LogP contribution in [-0.4, -0.2) is 40.4 Å². The summed E-state index contributed by atoms with van der Waals surface area (Å²) < 4.78 is 58.6. The number of rotatable bonds is 5. The van der Waals surface area contributed by atoms with Crippen LogP contribution in [0.1, 0.15) is 21.6 Å². The number of ether oxygens (including phenoxy) is 1. The lowest BCUT2D eigenvalue weighted by atomic mass is 10.1. The third-order valence-electron chi connectivity index (χ3n) is 4.85. The quantitative estimate of drug-likeness (QED) is 0.435. The van der Waals surface area contributed by atoms with E-state index in [-0.39, 0.29) is 23.8 Å². The highest BCUT2D eigenvalue weighted by atomic mass is 32.2. The van der Waals surface area contributed by atoms with Crippen LogP contribution in [-0.2, 0) is 12.8 Å². The van der Waals surface area contributed by atoms with E-state index in [0.717, 1.165) is 29.7 Å². The zero-order chi connectivity index (χ0) is 22.7.